The topological polar surface area (TPSA) is 63.7 Å². The van der Waals surface area contributed by atoms with Crippen molar-refractivity contribution in [1.29, 1.82) is 0 Å². The van der Waals surface area contributed by atoms with Crippen molar-refractivity contribution in [2.75, 3.05) is 20.8 Å². The molecule has 0 aliphatic carbocycles. The van der Waals surface area contributed by atoms with Crippen molar-refractivity contribution in [2.45, 2.75) is 32.4 Å². The van der Waals surface area contributed by atoms with Crippen LogP contribution in [-0.4, -0.2) is 36.7 Å². The molecule has 1 aliphatic heterocycles. The molecule has 2 heterocycles. The van der Waals surface area contributed by atoms with Gasteiger partial charge in [-0.1, -0.05) is 0 Å². The Kier molecular flexibility index (Phi) is 5.43. The summed E-state index contributed by atoms with van der Waals surface area (Å²) in [6.45, 7) is 3.14. The van der Waals surface area contributed by atoms with Gasteiger partial charge in [-0.3, -0.25) is 0 Å². The number of hydrogen-bond donors (Lipinski definition) is 1. The Morgan fingerprint density at radius 1 is 1.40 bits per heavy atom. The zero-order valence-electron chi connectivity index (χ0n) is 14.7. The van der Waals surface area contributed by atoms with E-state index >= 15 is 0 Å². The van der Waals surface area contributed by atoms with Crippen LogP contribution in [0.1, 0.15) is 35.1 Å². The van der Waals surface area contributed by atoms with Gasteiger partial charge in [0, 0.05) is 23.2 Å². The van der Waals surface area contributed by atoms with Crippen LogP contribution >= 0.6 is 11.3 Å². The molecule has 25 heavy (non-hydrogen) atoms. The van der Waals surface area contributed by atoms with E-state index in [1.165, 1.54) is 0 Å². The molecule has 0 radical (unpaired) electrons. The van der Waals surface area contributed by atoms with Crippen LogP contribution in [-0.2, 0) is 6.54 Å². The van der Waals surface area contributed by atoms with Gasteiger partial charge in [-0.25, -0.2) is 9.78 Å². The highest BCUT2D eigenvalue weighted by atomic mass is 32.1. The highest BCUT2D eigenvalue weighted by Gasteiger charge is 2.32. The summed E-state index contributed by atoms with van der Waals surface area (Å²) in [6, 6.07) is 5.63. The molecule has 1 saturated heterocycles. The van der Waals surface area contributed by atoms with Crippen molar-refractivity contribution >= 4 is 17.4 Å². The van der Waals surface area contributed by atoms with Gasteiger partial charge in [0.1, 0.15) is 16.5 Å². The number of amides is 2. The van der Waals surface area contributed by atoms with Crippen LogP contribution in [0.4, 0.5) is 4.79 Å². The minimum absolute atomic E-state index is 0.0110. The molecule has 1 fully saturated rings. The number of aromatic nitrogens is 1. The molecule has 1 atom stereocenters. The molecule has 134 valence electrons. The van der Waals surface area contributed by atoms with Gasteiger partial charge >= 0.3 is 6.03 Å². The molecule has 7 heteroatoms. The van der Waals surface area contributed by atoms with E-state index in [0.29, 0.717) is 6.54 Å². The van der Waals surface area contributed by atoms with Crippen molar-refractivity contribution in [1.82, 2.24) is 15.2 Å². The molecule has 2 aromatic rings. The maximum absolute atomic E-state index is 12.7. The fourth-order valence-corrected chi connectivity index (χ4v) is 3.88. The Hall–Kier alpha value is -2.28. The number of methoxy groups -OCH3 is 2. The highest BCUT2D eigenvalue weighted by molar-refractivity contribution is 7.09. The van der Waals surface area contributed by atoms with E-state index in [4.69, 9.17) is 9.47 Å². The van der Waals surface area contributed by atoms with E-state index < -0.39 is 0 Å². The van der Waals surface area contributed by atoms with Gasteiger partial charge in [0.2, 0.25) is 0 Å². The Morgan fingerprint density at radius 3 is 2.92 bits per heavy atom. The quantitative estimate of drug-likeness (QED) is 0.885. The Labute approximate surface area is 151 Å². The second-order valence-corrected chi connectivity index (χ2v) is 6.94. The maximum Gasteiger partial charge on any atom is 0.318 e. The number of aryl methyl sites for hydroxylation is 1. The molecule has 0 bridgehead atoms. The van der Waals surface area contributed by atoms with Gasteiger partial charge in [-0.15, -0.1) is 11.3 Å². The molecule has 3 rings (SSSR count). The first kappa shape index (κ1) is 17.5. The van der Waals surface area contributed by atoms with Gasteiger partial charge in [-0.2, -0.15) is 0 Å². The van der Waals surface area contributed by atoms with E-state index in [1.807, 2.05) is 35.4 Å². The zero-order chi connectivity index (χ0) is 17.8. The number of hydrogen-bond acceptors (Lipinski definition) is 5. The molecule has 1 N–H and O–H groups in total. The number of benzene rings is 1. The van der Waals surface area contributed by atoms with Crippen molar-refractivity contribution < 1.29 is 14.3 Å². The number of nitrogens with one attached hydrogen (secondary N) is 1. The SMILES string of the molecule is COc1ccc(OC)c([C@@H]2CCCN2C(=O)NCc2nc(C)cs2)c1. The molecule has 0 spiro atoms. The van der Waals surface area contributed by atoms with Crippen LogP contribution in [0.25, 0.3) is 0 Å². The molecule has 1 aromatic heterocycles. The van der Waals surface area contributed by atoms with Gasteiger partial charge in [-0.05, 0) is 38.0 Å². The number of thiazole rings is 1. The average Bonchev–Trinajstić information content (AvgIpc) is 3.28. The zero-order valence-corrected chi connectivity index (χ0v) is 15.6. The van der Waals surface area contributed by atoms with Gasteiger partial charge in [0.05, 0.1) is 26.8 Å². The van der Waals surface area contributed by atoms with E-state index in [2.05, 4.69) is 10.3 Å². The molecular weight excluding hydrogens is 338 g/mol. The van der Waals surface area contributed by atoms with Crippen LogP contribution in [0.5, 0.6) is 11.5 Å². The van der Waals surface area contributed by atoms with Gasteiger partial charge < -0.3 is 19.7 Å². The predicted octanol–water partition coefficient (Wildman–Crippen LogP) is 3.52. The Balaban J connectivity index is 1.74. The first-order valence-electron chi connectivity index (χ1n) is 8.29. The molecule has 0 saturated carbocycles. The summed E-state index contributed by atoms with van der Waals surface area (Å²) >= 11 is 1.56. The Bertz CT molecular complexity index is 747. The number of urea groups is 1. The molecule has 1 aliphatic rings. The van der Waals surface area contributed by atoms with E-state index in [0.717, 1.165) is 47.2 Å². The smallest absolute Gasteiger partial charge is 0.318 e. The van der Waals surface area contributed by atoms with E-state index in [-0.39, 0.29) is 12.1 Å². The summed E-state index contributed by atoms with van der Waals surface area (Å²) < 4.78 is 10.8. The van der Waals surface area contributed by atoms with Crippen LogP contribution in [0, 0.1) is 6.92 Å². The van der Waals surface area contributed by atoms with Crippen molar-refractivity contribution in [3.63, 3.8) is 0 Å². The lowest BCUT2D eigenvalue weighted by molar-refractivity contribution is 0.191. The number of carbonyl (C=O) groups is 1. The minimum Gasteiger partial charge on any atom is -0.497 e. The lowest BCUT2D eigenvalue weighted by Crippen LogP contribution is -2.39. The predicted molar refractivity (Wildman–Crippen MR) is 97.3 cm³/mol. The van der Waals surface area contributed by atoms with Crippen LogP contribution in [0.3, 0.4) is 0 Å². The number of carbonyl (C=O) groups excluding carboxylic acids is 1. The van der Waals surface area contributed by atoms with Gasteiger partial charge in [0.25, 0.3) is 0 Å². The monoisotopic (exact) mass is 361 g/mol. The van der Waals surface area contributed by atoms with Crippen molar-refractivity contribution in [3.8, 4) is 11.5 Å². The fourth-order valence-electron chi connectivity index (χ4n) is 3.17. The first-order valence-corrected chi connectivity index (χ1v) is 9.17. The third kappa shape index (κ3) is 3.87. The summed E-state index contributed by atoms with van der Waals surface area (Å²) in [6.07, 6.45) is 1.88. The minimum atomic E-state index is -0.0692. The first-order chi connectivity index (χ1) is 12.1. The van der Waals surface area contributed by atoms with Crippen LogP contribution in [0.2, 0.25) is 0 Å². The summed E-state index contributed by atoms with van der Waals surface area (Å²) in [5.41, 5.74) is 1.97. The largest absolute Gasteiger partial charge is 0.497 e. The second kappa shape index (κ2) is 7.74. The van der Waals surface area contributed by atoms with E-state index in [1.54, 1.807) is 25.6 Å². The Morgan fingerprint density at radius 2 is 2.24 bits per heavy atom. The molecule has 0 unspecified atom stereocenters. The van der Waals surface area contributed by atoms with Crippen LogP contribution in [0.15, 0.2) is 23.6 Å². The number of rotatable bonds is 5. The molecule has 1 aromatic carbocycles. The highest BCUT2D eigenvalue weighted by Crippen LogP contribution is 2.38. The summed E-state index contributed by atoms with van der Waals surface area (Å²) in [4.78, 5) is 18.9. The normalized spacial score (nSPS) is 16.8. The number of ether oxygens (including phenoxy) is 2. The fraction of sp³-hybridized carbons (Fsp3) is 0.444. The summed E-state index contributed by atoms with van der Waals surface area (Å²) in [7, 11) is 3.29. The maximum atomic E-state index is 12.7. The van der Waals surface area contributed by atoms with E-state index in [9.17, 15) is 4.79 Å². The number of nitrogens with zero attached hydrogens (tertiary/aromatic N) is 2. The lowest BCUT2D eigenvalue weighted by Gasteiger charge is -2.26. The molecular formula is C18H23N3O3S. The second-order valence-electron chi connectivity index (χ2n) is 6.00. The van der Waals surface area contributed by atoms with Crippen molar-refractivity contribution in [2.24, 2.45) is 0 Å². The third-order valence-corrected chi connectivity index (χ3v) is 5.33. The standard InChI is InChI=1S/C18H23N3O3S/c1-12-11-25-17(20-12)10-19-18(22)21-8-4-5-15(21)14-9-13(23-2)6-7-16(14)24-3/h6-7,9,11,15H,4-5,8,10H2,1-3H3,(H,19,22)/t15-/m0/s1. The van der Waals surface area contributed by atoms with Crippen LogP contribution < -0.4 is 14.8 Å². The number of likely N-dealkylation sites (tertiary alicyclic amines) is 1. The average molecular weight is 361 g/mol. The van der Waals surface area contributed by atoms with Crippen molar-refractivity contribution in [3.05, 3.63) is 39.8 Å². The van der Waals surface area contributed by atoms with Gasteiger partial charge in [0.15, 0.2) is 0 Å². The lowest BCUT2D eigenvalue weighted by atomic mass is 10.0. The summed E-state index contributed by atoms with van der Waals surface area (Å²) in [5, 5.41) is 5.89. The third-order valence-electron chi connectivity index (χ3n) is 4.37. The summed E-state index contributed by atoms with van der Waals surface area (Å²) in [5.74, 6) is 1.54. The molecule has 2 amide bonds. The molecule has 6 nitrogen and oxygen atoms in total.